The van der Waals surface area contributed by atoms with E-state index in [1.807, 2.05) is 0 Å². The van der Waals surface area contributed by atoms with Gasteiger partial charge in [-0.3, -0.25) is 10.00 Å². The Kier molecular flexibility index (Phi) is 3.44. The molecule has 1 aromatic rings. The van der Waals surface area contributed by atoms with E-state index in [0.717, 1.165) is 28.2 Å². The molecular formula is C11H18N4S2. The van der Waals surface area contributed by atoms with Crippen LogP contribution in [-0.2, 0) is 0 Å². The maximum absolute atomic E-state index is 5.08. The highest BCUT2D eigenvalue weighted by Crippen LogP contribution is 2.26. The second-order valence-corrected chi connectivity index (χ2v) is 6.50. The lowest BCUT2D eigenvalue weighted by Gasteiger charge is -2.37. The fourth-order valence-corrected chi connectivity index (χ4v) is 3.83. The van der Waals surface area contributed by atoms with Crippen molar-refractivity contribution in [1.29, 1.82) is 0 Å². The molecule has 1 saturated heterocycles. The van der Waals surface area contributed by atoms with Gasteiger partial charge in [0.1, 0.15) is 0 Å². The van der Waals surface area contributed by atoms with Crippen LogP contribution < -0.4 is 4.90 Å². The summed E-state index contributed by atoms with van der Waals surface area (Å²) in [6.07, 6.45) is 5.65. The summed E-state index contributed by atoms with van der Waals surface area (Å²) in [4.78, 5) is 5.01. The molecule has 1 aliphatic carbocycles. The van der Waals surface area contributed by atoms with Crippen LogP contribution in [0.2, 0.25) is 0 Å². The number of nitrogens with zero attached hydrogens (tertiary/aromatic N) is 3. The smallest absolute Gasteiger partial charge is 0.207 e. The summed E-state index contributed by atoms with van der Waals surface area (Å²) in [5.41, 5.74) is 0. The molecule has 1 N–H and O–H groups in total. The monoisotopic (exact) mass is 270 g/mol. The third kappa shape index (κ3) is 2.53. The minimum Gasteiger partial charge on any atom is -0.344 e. The lowest BCUT2D eigenvalue weighted by atomic mass is 10.2. The maximum atomic E-state index is 5.08. The molecule has 2 aliphatic rings. The zero-order valence-corrected chi connectivity index (χ0v) is 11.5. The van der Waals surface area contributed by atoms with E-state index >= 15 is 0 Å². The van der Waals surface area contributed by atoms with Crippen molar-refractivity contribution in [3.63, 3.8) is 0 Å². The van der Waals surface area contributed by atoms with Crippen molar-refractivity contribution in [3.8, 4) is 0 Å². The third-order valence-electron chi connectivity index (χ3n) is 3.85. The van der Waals surface area contributed by atoms with Gasteiger partial charge >= 0.3 is 0 Å². The van der Waals surface area contributed by atoms with Crippen molar-refractivity contribution in [1.82, 2.24) is 15.1 Å². The summed E-state index contributed by atoms with van der Waals surface area (Å²) in [6.45, 7) is 4.53. The van der Waals surface area contributed by atoms with Crippen LogP contribution in [0.3, 0.4) is 0 Å². The first kappa shape index (κ1) is 11.6. The minimum absolute atomic E-state index is 0.776. The van der Waals surface area contributed by atoms with Gasteiger partial charge in [0.05, 0.1) is 0 Å². The van der Waals surface area contributed by atoms with E-state index in [9.17, 15) is 0 Å². The minimum atomic E-state index is 0.776. The van der Waals surface area contributed by atoms with Gasteiger partial charge in [-0.25, -0.2) is 0 Å². The highest BCUT2D eigenvalue weighted by Gasteiger charge is 2.26. The number of H-pyrrole nitrogens is 1. The highest BCUT2D eigenvalue weighted by molar-refractivity contribution is 7.73. The standard InChI is InChI=1S/C11H18N4S2/c16-11-13-12-10(17-11)15-7-5-14(6-8-15)9-3-1-2-4-9/h9H,1-8H2,(H,13,16). The molecule has 0 atom stereocenters. The van der Waals surface area contributed by atoms with E-state index in [1.165, 1.54) is 38.8 Å². The summed E-state index contributed by atoms with van der Waals surface area (Å²) in [6, 6.07) is 0.856. The van der Waals surface area contributed by atoms with Gasteiger partial charge in [0.15, 0.2) is 3.95 Å². The summed E-state index contributed by atoms with van der Waals surface area (Å²) >= 11 is 6.66. The van der Waals surface area contributed by atoms with Crippen molar-refractivity contribution >= 4 is 28.7 Å². The average molecular weight is 270 g/mol. The van der Waals surface area contributed by atoms with Gasteiger partial charge in [-0.2, -0.15) is 0 Å². The normalized spacial score (nSPS) is 23.4. The van der Waals surface area contributed by atoms with Crippen LogP contribution in [0.25, 0.3) is 0 Å². The Morgan fingerprint density at radius 1 is 1.18 bits per heavy atom. The molecule has 0 aromatic carbocycles. The number of nitrogens with one attached hydrogen (secondary N) is 1. The lowest BCUT2D eigenvalue weighted by molar-refractivity contribution is 0.187. The Hall–Kier alpha value is -0.460. The zero-order valence-electron chi connectivity index (χ0n) is 9.89. The Morgan fingerprint density at radius 3 is 2.47 bits per heavy atom. The summed E-state index contributed by atoms with van der Waals surface area (Å²) in [5, 5.41) is 8.18. The summed E-state index contributed by atoms with van der Waals surface area (Å²) in [5.74, 6) is 0. The second kappa shape index (κ2) is 5.04. The van der Waals surface area contributed by atoms with Crippen LogP contribution in [0.4, 0.5) is 5.13 Å². The number of rotatable bonds is 2. The zero-order chi connectivity index (χ0) is 11.7. The first-order valence-corrected chi connectivity index (χ1v) is 7.60. The number of aromatic amines is 1. The van der Waals surface area contributed by atoms with Gasteiger partial charge in [-0.15, -0.1) is 5.10 Å². The predicted octanol–water partition coefficient (Wildman–Crippen LogP) is 2.27. The molecule has 0 amide bonds. The third-order valence-corrected chi connectivity index (χ3v) is 5.00. The highest BCUT2D eigenvalue weighted by atomic mass is 32.1. The van der Waals surface area contributed by atoms with E-state index in [2.05, 4.69) is 20.0 Å². The van der Waals surface area contributed by atoms with E-state index in [0.29, 0.717) is 0 Å². The maximum Gasteiger partial charge on any atom is 0.207 e. The second-order valence-electron chi connectivity index (χ2n) is 4.86. The van der Waals surface area contributed by atoms with Crippen molar-refractivity contribution in [2.24, 2.45) is 0 Å². The first-order valence-electron chi connectivity index (χ1n) is 6.37. The molecule has 0 bridgehead atoms. The average Bonchev–Trinajstić information content (AvgIpc) is 3.00. The van der Waals surface area contributed by atoms with Gasteiger partial charge in [0.2, 0.25) is 5.13 Å². The molecule has 1 aromatic heterocycles. The molecular weight excluding hydrogens is 252 g/mol. The molecule has 0 unspecified atom stereocenters. The fraction of sp³-hybridized carbons (Fsp3) is 0.818. The number of hydrogen-bond donors (Lipinski definition) is 1. The Bertz CT molecular complexity index is 413. The number of piperazine rings is 1. The van der Waals surface area contributed by atoms with Crippen molar-refractivity contribution in [3.05, 3.63) is 3.95 Å². The summed E-state index contributed by atoms with van der Waals surface area (Å²) < 4.78 is 0.776. The quantitative estimate of drug-likeness (QED) is 0.836. The topological polar surface area (TPSA) is 35.2 Å². The molecule has 0 spiro atoms. The van der Waals surface area contributed by atoms with Crippen molar-refractivity contribution in [2.45, 2.75) is 31.7 Å². The Morgan fingerprint density at radius 2 is 1.88 bits per heavy atom. The van der Waals surface area contributed by atoms with E-state index in [4.69, 9.17) is 12.2 Å². The number of hydrogen-bond acceptors (Lipinski definition) is 5. The van der Waals surface area contributed by atoms with Gasteiger partial charge in [0, 0.05) is 32.2 Å². The number of aromatic nitrogens is 2. The largest absolute Gasteiger partial charge is 0.344 e. The molecule has 1 aliphatic heterocycles. The first-order chi connectivity index (χ1) is 8.33. The van der Waals surface area contributed by atoms with E-state index < -0.39 is 0 Å². The van der Waals surface area contributed by atoms with Crippen LogP contribution in [0.5, 0.6) is 0 Å². The Balaban J connectivity index is 1.58. The molecule has 17 heavy (non-hydrogen) atoms. The molecule has 2 fully saturated rings. The summed E-state index contributed by atoms with van der Waals surface area (Å²) in [7, 11) is 0. The molecule has 0 radical (unpaired) electrons. The lowest BCUT2D eigenvalue weighted by Crippen LogP contribution is -2.49. The Labute approximate surface area is 111 Å². The van der Waals surface area contributed by atoms with Crippen LogP contribution in [0.1, 0.15) is 25.7 Å². The van der Waals surface area contributed by atoms with E-state index in [1.54, 1.807) is 11.3 Å². The molecule has 3 rings (SSSR count). The predicted molar refractivity (Wildman–Crippen MR) is 73.3 cm³/mol. The fourth-order valence-electron chi connectivity index (χ4n) is 2.91. The molecule has 6 heteroatoms. The molecule has 94 valence electrons. The number of anilines is 1. The van der Waals surface area contributed by atoms with Crippen LogP contribution in [0, 0.1) is 3.95 Å². The molecule has 1 saturated carbocycles. The SMILES string of the molecule is S=c1[nH]nc(N2CCN(C3CCCC3)CC2)s1. The van der Waals surface area contributed by atoms with Gasteiger partial charge in [0.25, 0.3) is 0 Å². The van der Waals surface area contributed by atoms with Crippen LogP contribution in [0.15, 0.2) is 0 Å². The molecule has 2 heterocycles. The van der Waals surface area contributed by atoms with E-state index in [-0.39, 0.29) is 0 Å². The molecule has 4 nitrogen and oxygen atoms in total. The van der Waals surface area contributed by atoms with Gasteiger partial charge in [-0.05, 0) is 25.1 Å². The van der Waals surface area contributed by atoms with Crippen molar-refractivity contribution < 1.29 is 0 Å². The van der Waals surface area contributed by atoms with Crippen LogP contribution in [-0.4, -0.2) is 47.3 Å². The van der Waals surface area contributed by atoms with Crippen LogP contribution >= 0.6 is 23.6 Å². The van der Waals surface area contributed by atoms with Crippen molar-refractivity contribution in [2.75, 3.05) is 31.1 Å². The van der Waals surface area contributed by atoms with Gasteiger partial charge in [-0.1, -0.05) is 24.2 Å². The van der Waals surface area contributed by atoms with Gasteiger partial charge < -0.3 is 4.90 Å².